The highest BCUT2D eigenvalue weighted by atomic mass is 127. The topological polar surface area (TPSA) is 83.0 Å². The van der Waals surface area contributed by atoms with Crippen molar-refractivity contribution in [3.63, 3.8) is 0 Å². The molecule has 1 fully saturated rings. The Hall–Kier alpha value is -1.68. The van der Waals surface area contributed by atoms with E-state index in [0.29, 0.717) is 17.7 Å². The average Bonchev–Trinajstić information content (AvgIpc) is 3.21. The normalized spacial score (nSPS) is 21.5. The first-order valence-electron chi connectivity index (χ1n) is 9.58. The number of unbranched alkanes of at least 4 members (excludes halogenated alkanes) is 1. The van der Waals surface area contributed by atoms with Crippen LogP contribution in [-0.2, 0) is 4.74 Å². The molecule has 0 radical (unpaired) electrons. The standard InChI is InChI=1S/C20H28N4O3.HI/c1-20(10-7-13-27-20)14-23-19(21-2)22-11-5-6-12-24-17(25)15-8-3-4-9-16(15)18(24)26;/h3-4,8-9H,5-7,10-14H2,1-2H3,(H2,21,22,23);1H. The summed E-state index contributed by atoms with van der Waals surface area (Å²) in [6.07, 6.45) is 3.73. The van der Waals surface area contributed by atoms with E-state index in [1.807, 2.05) is 0 Å². The molecule has 1 atom stereocenters. The number of guanidine groups is 1. The number of ether oxygens (including phenoxy) is 1. The van der Waals surface area contributed by atoms with Crippen LogP contribution in [0.3, 0.4) is 0 Å². The molecule has 154 valence electrons. The predicted octanol–water partition coefficient (Wildman–Crippen LogP) is 2.41. The van der Waals surface area contributed by atoms with Gasteiger partial charge in [-0.1, -0.05) is 12.1 Å². The number of carbonyl (C=O) groups excluding carboxylic acids is 2. The number of rotatable bonds is 7. The SMILES string of the molecule is CN=C(NCCCCN1C(=O)c2ccccc2C1=O)NCC1(C)CCCO1.I. The lowest BCUT2D eigenvalue weighted by Crippen LogP contribution is -2.45. The van der Waals surface area contributed by atoms with E-state index in [4.69, 9.17) is 4.74 Å². The molecule has 2 aliphatic rings. The zero-order chi connectivity index (χ0) is 19.3. The first-order chi connectivity index (χ1) is 13.0. The number of imide groups is 1. The van der Waals surface area contributed by atoms with Gasteiger partial charge in [-0.25, -0.2) is 0 Å². The van der Waals surface area contributed by atoms with Crippen molar-refractivity contribution in [2.75, 3.05) is 33.3 Å². The van der Waals surface area contributed by atoms with E-state index in [1.54, 1.807) is 31.3 Å². The maximum Gasteiger partial charge on any atom is 0.261 e. The molecule has 2 heterocycles. The van der Waals surface area contributed by atoms with Crippen molar-refractivity contribution in [2.24, 2.45) is 4.99 Å². The summed E-state index contributed by atoms with van der Waals surface area (Å²) >= 11 is 0. The summed E-state index contributed by atoms with van der Waals surface area (Å²) in [6.45, 7) is 4.82. The van der Waals surface area contributed by atoms with Crippen LogP contribution in [0, 0.1) is 0 Å². The number of hydrogen-bond donors (Lipinski definition) is 2. The monoisotopic (exact) mass is 500 g/mol. The third kappa shape index (κ3) is 5.22. The summed E-state index contributed by atoms with van der Waals surface area (Å²) in [4.78, 5) is 30.2. The molecular formula is C20H29IN4O3. The molecule has 2 N–H and O–H groups in total. The van der Waals surface area contributed by atoms with Gasteiger partial charge in [-0.2, -0.15) is 0 Å². The highest BCUT2D eigenvalue weighted by molar-refractivity contribution is 14.0. The van der Waals surface area contributed by atoms with Crippen molar-refractivity contribution in [3.8, 4) is 0 Å². The Morgan fingerprint density at radius 1 is 1.18 bits per heavy atom. The molecule has 7 nitrogen and oxygen atoms in total. The highest BCUT2D eigenvalue weighted by Gasteiger charge is 2.34. The zero-order valence-corrected chi connectivity index (χ0v) is 18.8. The number of aliphatic imine (C=N–C) groups is 1. The molecular weight excluding hydrogens is 471 g/mol. The molecule has 2 aliphatic heterocycles. The van der Waals surface area contributed by atoms with Gasteiger partial charge in [-0.3, -0.25) is 19.5 Å². The molecule has 1 aromatic carbocycles. The van der Waals surface area contributed by atoms with Crippen LogP contribution in [0.2, 0.25) is 0 Å². The minimum atomic E-state index is -0.189. The van der Waals surface area contributed by atoms with Gasteiger partial charge < -0.3 is 15.4 Å². The molecule has 28 heavy (non-hydrogen) atoms. The summed E-state index contributed by atoms with van der Waals surface area (Å²) < 4.78 is 5.77. The van der Waals surface area contributed by atoms with Gasteiger partial charge in [-0.15, -0.1) is 24.0 Å². The van der Waals surface area contributed by atoms with E-state index in [9.17, 15) is 9.59 Å². The van der Waals surface area contributed by atoms with Crippen LogP contribution in [0.15, 0.2) is 29.3 Å². The van der Waals surface area contributed by atoms with Crippen molar-refractivity contribution in [3.05, 3.63) is 35.4 Å². The summed E-state index contributed by atoms with van der Waals surface area (Å²) in [6, 6.07) is 6.99. The van der Waals surface area contributed by atoms with Crippen LogP contribution in [0.5, 0.6) is 0 Å². The maximum absolute atomic E-state index is 12.3. The molecule has 2 amide bonds. The van der Waals surface area contributed by atoms with Crippen molar-refractivity contribution in [1.82, 2.24) is 15.5 Å². The lowest BCUT2D eigenvalue weighted by Gasteiger charge is -2.24. The number of nitrogens with one attached hydrogen (secondary N) is 2. The fraction of sp³-hybridized carbons (Fsp3) is 0.550. The molecule has 1 unspecified atom stereocenters. The summed E-state index contributed by atoms with van der Waals surface area (Å²) in [5, 5.41) is 6.58. The van der Waals surface area contributed by atoms with Crippen LogP contribution >= 0.6 is 24.0 Å². The second-order valence-electron chi connectivity index (χ2n) is 7.27. The fourth-order valence-corrected chi connectivity index (χ4v) is 3.51. The molecule has 0 bridgehead atoms. The van der Waals surface area contributed by atoms with Gasteiger partial charge in [0.25, 0.3) is 11.8 Å². The Kier molecular flexibility index (Phi) is 8.23. The largest absolute Gasteiger partial charge is 0.373 e. The lowest BCUT2D eigenvalue weighted by atomic mass is 10.0. The van der Waals surface area contributed by atoms with Crippen LogP contribution in [0.25, 0.3) is 0 Å². The second-order valence-corrected chi connectivity index (χ2v) is 7.27. The van der Waals surface area contributed by atoms with Gasteiger partial charge >= 0.3 is 0 Å². The molecule has 1 saturated heterocycles. The van der Waals surface area contributed by atoms with E-state index in [2.05, 4.69) is 22.5 Å². The van der Waals surface area contributed by atoms with Crippen LogP contribution in [0.1, 0.15) is 53.3 Å². The smallest absolute Gasteiger partial charge is 0.261 e. The highest BCUT2D eigenvalue weighted by Crippen LogP contribution is 2.24. The molecule has 3 rings (SSSR count). The fourth-order valence-electron chi connectivity index (χ4n) is 3.51. The Bertz CT molecular complexity index is 697. The Balaban J connectivity index is 0.00000280. The average molecular weight is 500 g/mol. The number of halogens is 1. The van der Waals surface area contributed by atoms with Crippen molar-refractivity contribution >= 4 is 41.8 Å². The first-order valence-corrected chi connectivity index (χ1v) is 9.58. The van der Waals surface area contributed by atoms with Crippen LogP contribution in [0.4, 0.5) is 0 Å². The van der Waals surface area contributed by atoms with Crippen LogP contribution in [-0.4, -0.2) is 61.6 Å². The number of carbonyl (C=O) groups is 2. The third-order valence-electron chi connectivity index (χ3n) is 5.13. The minimum Gasteiger partial charge on any atom is -0.373 e. The van der Waals surface area contributed by atoms with Gasteiger partial charge in [0.05, 0.1) is 16.7 Å². The summed E-state index contributed by atoms with van der Waals surface area (Å²) in [7, 11) is 1.74. The van der Waals surface area contributed by atoms with E-state index in [-0.39, 0.29) is 41.4 Å². The summed E-state index contributed by atoms with van der Waals surface area (Å²) in [5.41, 5.74) is 0.893. The number of benzene rings is 1. The Labute approximate surface area is 183 Å². The molecule has 0 spiro atoms. The van der Waals surface area contributed by atoms with Gasteiger partial charge in [0.2, 0.25) is 0 Å². The Morgan fingerprint density at radius 2 is 1.86 bits per heavy atom. The Morgan fingerprint density at radius 3 is 2.43 bits per heavy atom. The van der Waals surface area contributed by atoms with Crippen LogP contribution < -0.4 is 10.6 Å². The number of fused-ring (bicyclic) bond motifs is 1. The third-order valence-corrected chi connectivity index (χ3v) is 5.13. The number of amides is 2. The molecule has 8 heteroatoms. The van der Waals surface area contributed by atoms with E-state index < -0.39 is 0 Å². The van der Waals surface area contributed by atoms with Gasteiger partial charge in [-0.05, 0) is 44.7 Å². The van der Waals surface area contributed by atoms with E-state index >= 15 is 0 Å². The van der Waals surface area contributed by atoms with Crippen molar-refractivity contribution in [1.29, 1.82) is 0 Å². The molecule has 0 aliphatic carbocycles. The number of nitrogens with zero attached hydrogens (tertiary/aromatic N) is 2. The van der Waals surface area contributed by atoms with E-state index in [1.165, 1.54) is 4.90 Å². The molecule has 0 aromatic heterocycles. The molecule has 1 aromatic rings. The maximum atomic E-state index is 12.3. The van der Waals surface area contributed by atoms with Gasteiger partial charge in [0.1, 0.15) is 0 Å². The number of hydrogen-bond acceptors (Lipinski definition) is 4. The zero-order valence-electron chi connectivity index (χ0n) is 16.5. The first kappa shape index (κ1) is 22.6. The molecule has 0 saturated carbocycles. The minimum absolute atomic E-state index is 0. The summed E-state index contributed by atoms with van der Waals surface area (Å²) in [5.74, 6) is 0.365. The lowest BCUT2D eigenvalue weighted by molar-refractivity contribution is 0.0243. The van der Waals surface area contributed by atoms with E-state index in [0.717, 1.165) is 51.3 Å². The van der Waals surface area contributed by atoms with Gasteiger partial charge in [0, 0.05) is 33.3 Å². The predicted molar refractivity (Wildman–Crippen MR) is 119 cm³/mol. The van der Waals surface area contributed by atoms with Crippen molar-refractivity contribution < 1.29 is 14.3 Å². The van der Waals surface area contributed by atoms with Gasteiger partial charge in [0.15, 0.2) is 5.96 Å². The second kappa shape index (κ2) is 10.2. The quantitative estimate of drug-likeness (QED) is 0.198. The van der Waals surface area contributed by atoms with Crippen molar-refractivity contribution in [2.45, 2.75) is 38.2 Å².